The van der Waals surface area contributed by atoms with Crippen molar-refractivity contribution in [1.29, 1.82) is 0 Å². The molecular weight excluding hydrogens is 254 g/mol. The van der Waals surface area contributed by atoms with Crippen LogP contribution in [-0.2, 0) is 0 Å². The highest BCUT2D eigenvalue weighted by Gasteiger charge is 2.36. The van der Waals surface area contributed by atoms with Crippen molar-refractivity contribution in [1.82, 2.24) is 0 Å². The van der Waals surface area contributed by atoms with Crippen LogP contribution in [0.5, 0.6) is 0 Å². The lowest BCUT2D eigenvalue weighted by molar-refractivity contribution is -0.384. The topological polar surface area (TPSA) is 55.2 Å². The van der Waals surface area contributed by atoms with E-state index in [0.717, 1.165) is 31.4 Å². The van der Waals surface area contributed by atoms with Gasteiger partial charge in [-0.1, -0.05) is 20.3 Å². The second-order valence-corrected chi connectivity index (χ2v) is 5.59. The fourth-order valence-electron chi connectivity index (χ4n) is 2.60. The molecule has 2 rings (SSSR count). The van der Waals surface area contributed by atoms with Crippen LogP contribution in [0.1, 0.15) is 33.1 Å². The highest BCUT2D eigenvalue weighted by molar-refractivity contribution is 5.63. The molecule has 0 aliphatic heterocycles. The minimum Gasteiger partial charge on any atom is -0.374 e. The quantitative estimate of drug-likeness (QED) is 0.670. The third kappa shape index (κ3) is 2.52. The molecule has 1 aliphatic rings. The maximum absolute atomic E-state index is 13.8. The first kappa shape index (κ1) is 13.7. The second-order valence-electron chi connectivity index (χ2n) is 5.59. The lowest BCUT2D eigenvalue weighted by Crippen LogP contribution is -2.31. The largest absolute Gasteiger partial charge is 0.374 e. The zero-order valence-electron chi connectivity index (χ0n) is 10.9. The molecule has 1 saturated carbocycles. The molecule has 1 aromatic rings. The molecule has 1 unspecified atom stereocenters. The predicted molar refractivity (Wildman–Crippen MR) is 68.1 cm³/mol. The molecule has 1 aliphatic carbocycles. The van der Waals surface area contributed by atoms with E-state index in [0.29, 0.717) is 0 Å². The van der Waals surface area contributed by atoms with Crippen LogP contribution in [0.2, 0.25) is 0 Å². The molecule has 0 bridgehead atoms. The number of rotatable bonds is 3. The van der Waals surface area contributed by atoms with E-state index in [9.17, 15) is 18.9 Å². The zero-order chi connectivity index (χ0) is 14.2. The van der Waals surface area contributed by atoms with Crippen molar-refractivity contribution in [2.45, 2.75) is 39.2 Å². The summed E-state index contributed by atoms with van der Waals surface area (Å²) in [6.45, 7) is 4.03. The van der Waals surface area contributed by atoms with Crippen LogP contribution in [0.15, 0.2) is 12.1 Å². The van der Waals surface area contributed by atoms with Crippen LogP contribution in [0.4, 0.5) is 20.2 Å². The lowest BCUT2D eigenvalue weighted by Gasteiger charge is -2.28. The van der Waals surface area contributed by atoms with Crippen LogP contribution in [0.25, 0.3) is 0 Å². The molecule has 0 spiro atoms. The van der Waals surface area contributed by atoms with Gasteiger partial charge < -0.3 is 5.32 Å². The molecule has 1 aromatic carbocycles. The Morgan fingerprint density at radius 3 is 2.63 bits per heavy atom. The second kappa shape index (κ2) is 4.75. The van der Waals surface area contributed by atoms with Gasteiger partial charge in [0, 0.05) is 12.1 Å². The first-order chi connectivity index (χ1) is 8.83. The zero-order valence-corrected chi connectivity index (χ0v) is 10.9. The smallest absolute Gasteiger partial charge is 0.295 e. The molecule has 6 heteroatoms. The van der Waals surface area contributed by atoms with Crippen molar-refractivity contribution in [2.24, 2.45) is 5.41 Å². The van der Waals surface area contributed by atoms with Gasteiger partial charge in [-0.15, -0.1) is 0 Å². The van der Waals surface area contributed by atoms with Crippen LogP contribution in [0, 0.1) is 27.2 Å². The number of nitrogens with zero attached hydrogens (tertiary/aromatic N) is 1. The summed E-state index contributed by atoms with van der Waals surface area (Å²) in [5.41, 5.74) is -0.862. The number of nitro benzene ring substituents is 1. The van der Waals surface area contributed by atoms with E-state index in [1.807, 2.05) is 13.8 Å². The molecule has 0 amide bonds. The molecule has 19 heavy (non-hydrogen) atoms. The Hall–Kier alpha value is -1.72. The van der Waals surface area contributed by atoms with Gasteiger partial charge in [0.1, 0.15) is 0 Å². The summed E-state index contributed by atoms with van der Waals surface area (Å²) in [5, 5.41) is 13.7. The average Bonchev–Trinajstić information content (AvgIpc) is 2.64. The van der Waals surface area contributed by atoms with Crippen molar-refractivity contribution < 1.29 is 13.7 Å². The Balaban J connectivity index is 2.38. The van der Waals surface area contributed by atoms with Gasteiger partial charge in [0.15, 0.2) is 17.3 Å². The van der Waals surface area contributed by atoms with Gasteiger partial charge >= 0.3 is 0 Å². The molecule has 1 atom stereocenters. The molecule has 1 fully saturated rings. The van der Waals surface area contributed by atoms with E-state index in [-0.39, 0.29) is 17.1 Å². The molecule has 4 nitrogen and oxygen atoms in total. The third-order valence-corrected chi connectivity index (χ3v) is 3.85. The van der Waals surface area contributed by atoms with Crippen LogP contribution >= 0.6 is 0 Å². The van der Waals surface area contributed by atoms with E-state index < -0.39 is 22.2 Å². The Kier molecular flexibility index (Phi) is 3.43. The number of nitro groups is 1. The Morgan fingerprint density at radius 1 is 1.42 bits per heavy atom. The fraction of sp³-hybridized carbons (Fsp3) is 0.538. The van der Waals surface area contributed by atoms with Crippen molar-refractivity contribution in [3.05, 3.63) is 33.9 Å². The summed E-state index contributed by atoms with van der Waals surface area (Å²) in [4.78, 5) is 10.2. The first-order valence-corrected chi connectivity index (χ1v) is 6.22. The van der Waals surface area contributed by atoms with Gasteiger partial charge in [0.05, 0.1) is 4.92 Å². The van der Waals surface area contributed by atoms with Gasteiger partial charge in [0.2, 0.25) is 0 Å². The predicted octanol–water partition coefficient (Wildman–Crippen LogP) is 3.86. The summed E-state index contributed by atoms with van der Waals surface area (Å²) >= 11 is 0. The van der Waals surface area contributed by atoms with Gasteiger partial charge in [-0.3, -0.25) is 10.1 Å². The Labute approximate surface area is 110 Å². The summed E-state index contributed by atoms with van der Waals surface area (Å²) in [7, 11) is 0. The number of nitrogens with one attached hydrogen (secondary N) is 1. The van der Waals surface area contributed by atoms with Gasteiger partial charge in [-0.05, 0) is 24.3 Å². The Bertz CT molecular complexity index is 518. The fourth-order valence-corrected chi connectivity index (χ4v) is 2.60. The van der Waals surface area contributed by atoms with E-state index in [1.165, 1.54) is 0 Å². The maximum Gasteiger partial charge on any atom is 0.295 e. The SMILES string of the molecule is CC1(C)CCCC1Nc1c([N+](=O)[O-])ccc(F)c1F. The summed E-state index contributed by atoms with van der Waals surface area (Å²) in [5.74, 6) is -2.26. The summed E-state index contributed by atoms with van der Waals surface area (Å²) in [6.07, 6.45) is 2.71. The van der Waals surface area contributed by atoms with E-state index >= 15 is 0 Å². The van der Waals surface area contributed by atoms with Crippen LogP contribution in [0.3, 0.4) is 0 Å². The highest BCUT2D eigenvalue weighted by atomic mass is 19.2. The molecule has 0 heterocycles. The maximum atomic E-state index is 13.8. The summed E-state index contributed by atoms with van der Waals surface area (Å²) < 4.78 is 27.0. The molecular formula is C13H16F2N2O2. The molecule has 0 aromatic heterocycles. The Morgan fingerprint density at radius 2 is 2.11 bits per heavy atom. The molecule has 0 saturated heterocycles. The standard InChI is InChI=1S/C13H16F2N2O2/c1-13(2)7-3-4-10(13)16-12-9(17(18)19)6-5-8(14)11(12)15/h5-6,10,16H,3-4,7H2,1-2H3. The number of anilines is 1. The molecule has 1 N–H and O–H groups in total. The van der Waals surface area contributed by atoms with Gasteiger partial charge in [0.25, 0.3) is 5.69 Å². The highest BCUT2D eigenvalue weighted by Crippen LogP contribution is 2.41. The molecule has 0 radical (unpaired) electrons. The minimum absolute atomic E-state index is 0.0906. The van der Waals surface area contributed by atoms with E-state index in [4.69, 9.17) is 0 Å². The number of hydrogen-bond donors (Lipinski definition) is 1. The molecule has 104 valence electrons. The van der Waals surface area contributed by atoms with Crippen molar-refractivity contribution in [3.8, 4) is 0 Å². The van der Waals surface area contributed by atoms with Crippen LogP contribution in [-0.4, -0.2) is 11.0 Å². The lowest BCUT2D eigenvalue weighted by atomic mass is 9.87. The monoisotopic (exact) mass is 270 g/mol. The summed E-state index contributed by atoms with van der Waals surface area (Å²) in [6, 6.07) is 1.67. The van der Waals surface area contributed by atoms with Gasteiger partial charge in [-0.2, -0.15) is 0 Å². The van der Waals surface area contributed by atoms with Crippen molar-refractivity contribution in [3.63, 3.8) is 0 Å². The van der Waals surface area contributed by atoms with Gasteiger partial charge in [-0.25, -0.2) is 8.78 Å². The normalized spacial score (nSPS) is 21.4. The first-order valence-electron chi connectivity index (χ1n) is 6.22. The number of benzene rings is 1. The van der Waals surface area contributed by atoms with E-state index in [2.05, 4.69) is 5.32 Å². The van der Waals surface area contributed by atoms with Crippen molar-refractivity contribution in [2.75, 3.05) is 5.32 Å². The minimum atomic E-state index is -1.18. The van der Waals surface area contributed by atoms with Crippen molar-refractivity contribution >= 4 is 11.4 Å². The number of halogens is 2. The van der Waals surface area contributed by atoms with Crippen LogP contribution < -0.4 is 5.32 Å². The number of hydrogen-bond acceptors (Lipinski definition) is 3. The van der Waals surface area contributed by atoms with E-state index in [1.54, 1.807) is 0 Å². The third-order valence-electron chi connectivity index (χ3n) is 3.85. The average molecular weight is 270 g/mol.